The van der Waals surface area contributed by atoms with E-state index in [2.05, 4.69) is 0 Å². The second kappa shape index (κ2) is 4.17. The summed E-state index contributed by atoms with van der Waals surface area (Å²) in [7, 11) is 0. The minimum atomic E-state index is -1.39. The smallest absolute Gasteiger partial charge is 0.339 e. The number of carboxylic acids is 1. The van der Waals surface area contributed by atoms with Crippen molar-refractivity contribution in [2.24, 2.45) is 5.73 Å². The highest BCUT2D eigenvalue weighted by Crippen LogP contribution is 2.18. The van der Waals surface area contributed by atoms with Crippen molar-refractivity contribution in [3.05, 3.63) is 35.1 Å². The van der Waals surface area contributed by atoms with Crippen LogP contribution in [0.2, 0.25) is 0 Å². The molecule has 0 fully saturated rings. The molecule has 1 aromatic rings. The molecule has 0 radical (unpaired) electrons. The summed E-state index contributed by atoms with van der Waals surface area (Å²) in [6.07, 6.45) is 0. The summed E-state index contributed by atoms with van der Waals surface area (Å²) >= 11 is 0. The van der Waals surface area contributed by atoms with Gasteiger partial charge >= 0.3 is 5.97 Å². The lowest BCUT2D eigenvalue weighted by Crippen LogP contribution is -2.19. The summed E-state index contributed by atoms with van der Waals surface area (Å²) in [5.41, 5.74) is 5.04. The van der Waals surface area contributed by atoms with Gasteiger partial charge in [-0.2, -0.15) is 0 Å². The number of hydrogen-bond donors (Lipinski definition) is 3. The minimum absolute atomic E-state index is 0.0972. The van der Waals surface area contributed by atoms with Gasteiger partial charge in [0.15, 0.2) is 0 Å². The molecule has 1 aromatic carbocycles. The fourth-order valence-electron chi connectivity index (χ4n) is 1.17. The third kappa shape index (κ3) is 1.89. The Morgan fingerprint density at radius 3 is 2.71 bits per heavy atom. The van der Waals surface area contributed by atoms with Crippen LogP contribution in [-0.4, -0.2) is 22.8 Å². The number of aliphatic hydroxyl groups is 1. The first kappa shape index (κ1) is 10.6. The molecule has 1 atom stereocenters. The Hall–Kier alpha value is -1.46. The van der Waals surface area contributed by atoms with E-state index in [0.717, 1.165) is 6.07 Å². The van der Waals surface area contributed by atoms with Crippen molar-refractivity contribution in [2.45, 2.75) is 6.04 Å². The zero-order valence-electron chi connectivity index (χ0n) is 7.27. The first-order valence-corrected chi connectivity index (χ1v) is 3.96. The van der Waals surface area contributed by atoms with Crippen LogP contribution >= 0.6 is 0 Å². The van der Waals surface area contributed by atoms with Gasteiger partial charge in [0, 0.05) is 0 Å². The second-order valence-corrected chi connectivity index (χ2v) is 2.80. The zero-order valence-corrected chi connectivity index (χ0v) is 7.27. The molecular formula is C9H10FNO3. The molecule has 1 rings (SSSR count). The van der Waals surface area contributed by atoms with Gasteiger partial charge in [-0.3, -0.25) is 0 Å². The van der Waals surface area contributed by atoms with Gasteiger partial charge in [0.05, 0.1) is 18.2 Å². The van der Waals surface area contributed by atoms with Crippen molar-refractivity contribution in [1.29, 1.82) is 0 Å². The molecule has 0 aliphatic rings. The highest BCUT2D eigenvalue weighted by molar-refractivity contribution is 5.89. The van der Waals surface area contributed by atoms with E-state index in [-0.39, 0.29) is 5.56 Å². The van der Waals surface area contributed by atoms with Crippen LogP contribution in [0.1, 0.15) is 22.0 Å². The van der Waals surface area contributed by atoms with Crippen LogP contribution in [0.25, 0.3) is 0 Å². The van der Waals surface area contributed by atoms with Gasteiger partial charge in [-0.1, -0.05) is 12.1 Å². The van der Waals surface area contributed by atoms with Crippen molar-refractivity contribution < 1.29 is 19.4 Å². The summed E-state index contributed by atoms with van der Waals surface area (Å²) < 4.78 is 13.1. The molecule has 0 aliphatic carbocycles. The molecule has 14 heavy (non-hydrogen) atoms. The molecule has 0 saturated heterocycles. The van der Waals surface area contributed by atoms with Crippen LogP contribution < -0.4 is 5.73 Å². The Kier molecular flexibility index (Phi) is 3.16. The third-order valence-corrected chi connectivity index (χ3v) is 1.86. The van der Waals surface area contributed by atoms with E-state index in [4.69, 9.17) is 15.9 Å². The summed E-state index contributed by atoms with van der Waals surface area (Å²) in [6, 6.07) is 2.90. The monoisotopic (exact) mass is 199 g/mol. The van der Waals surface area contributed by atoms with E-state index in [1.54, 1.807) is 0 Å². The topological polar surface area (TPSA) is 83.5 Å². The summed E-state index contributed by atoms with van der Waals surface area (Å²) in [5.74, 6) is -2.24. The number of carbonyl (C=O) groups is 1. The number of aliphatic hydroxyl groups excluding tert-OH is 1. The van der Waals surface area contributed by atoms with Gasteiger partial charge in [-0.05, 0) is 11.6 Å². The molecule has 0 saturated carbocycles. The van der Waals surface area contributed by atoms with Crippen molar-refractivity contribution >= 4 is 5.97 Å². The Balaban J connectivity index is 3.28. The van der Waals surface area contributed by atoms with Crippen molar-refractivity contribution in [2.75, 3.05) is 6.61 Å². The Labute approximate surface area is 79.8 Å². The molecule has 0 unspecified atom stereocenters. The van der Waals surface area contributed by atoms with Crippen molar-refractivity contribution in [3.8, 4) is 0 Å². The van der Waals surface area contributed by atoms with Gasteiger partial charge in [0.1, 0.15) is 5.82 Å². The van der Waals surface area contributed by atoms with Gasteiger partial charge in [0.25, 0.3) is 0 Å². The zero-order chi connectivity index (χ0) is 10.7. The average Bonchev–Trinajstić information content (AvgIpc) is 2.15. The SMILES string of the molecule is N[C@H](CO)c1cccc(F)c1C(=O)O. The van der Waals surface area contributed by atoms with Gasteiger partial charge in [-0.15, -0.1) is 0 Å². The van der Waals surface area contributed by atoms with Crippen molar-refractivity contribution in [3.63, 3.8) is 0 Å². The third-order valence-electron chi connectivity index (χ3n) is 1.86. The first-order valence-electron chi connectivity index (χ1n) is 3.96. The van der Waals surface area contributed by atoms with E-state index in [9.17, 15) is 9.18 Å². The van der Waals surface area contributed by atoms with Crippen LogP contribution in [0, 0.1) is 5.82 Å². The lowest BCUT2D eigenvalue weighted by atomic mass is 10.0. The molecule has 0 spiro atoms. The standard InChI is InChI=1S/C9H10FNO3/c10-6-3-1-2-5(7(11)4-12)8(6)9(13)14/h1-3,7,12H,4,11H2,(H,13,14)/t7-/m1/s1. The molecule has 5 heteroatoms. The maximum atomic E-state index is 13.1. The van der Waals surface area contributed by atoms with Crippen LogP contribution in [0.5, 0.6) is 0 Å². The number of halogens is 1. The summed E-state index contributed by atoms with van der Waals surface area (Å²) in [5, 5.41) is 17.5. The number of benzene rings is 1. The van der Waals surface area contributed by atoms with E-state index in [1.807, 2.05) is 0 Å². The number of rotatable bonds is 3. The first-order chi connectivity index (χ1) is 6.57. The normalized spacial score (nSPS) is 12.5. The lowest BCUT2D eigenvalue weighted by Gasteiger charge is -2.11. The van der Waals surface area contributed by atoms with E-state index in [0.29, 0.717) is 0 Å². The molecule has 4 nitrogen and oxygen atoms in total. The van der Waals surface area contributed by atoms with Gasteiger partial charge < -0.3 is 15.9 Å². The fourth-order valence-corrected chi connectivity index (χ4v) is 1.17. The maximum absolute atomic E-state index is 13.1. The number of nitrogens with two attached hydrogens (primary N) is 1. The highest BCUT2D eigenvalue weighted by Gasteiger charge is 2.19. The number of carboxylic acid groups (broad SMARTS) is 1. The van der Waals surface area contributed by atoms with Crippen LogP contribution in [0.4, 0.5) is 4.39 Å². The van der Waals surface area contributed by atoms with Crippen LogP contribution in [-0.2, 0) is 0 Å². The molecule has 4 N–H and O–H groups in total. The maximum Gasteiger partial charge on any atom is 0.339 e. The summed E-state index contributed by atoms with van der Waals surface area (Å²) in [4.78, 5) is 10.7. The van der Waals surface area contributed by atoms with Crippen LogP contribution in [0.3, 0.4) is 0 Å². The Morgan fingerprint density at radius 1 is 1.57 bits per heavy atom. The second-order valence-electron chi connectivity index (χ2n) is 2.80. The molecule has 0 amide bonds. The van der Waals surface area contributed by atoms with E-state index >= 15 is 0 Å². The Morgan fingerprint density at radius 2 is 2.21 bits per heavy atom. The van der Waals surface area contributed by atoms with Crippen LogP contribution in [0.15, 0.2) is 18.2 Å². The fraction of sp³-hybridized carbons (Fsp3) is 0.222. The lowest BCUT2D eigenvalue weighted by molar-refractivity contribution is 0.0689. The molecule has 0 aliphatic heterocycles. The largest absolute Gasteiger partial charge is 0.478 e. The predicted octanol–water partition coefficient (Wildman–Crippen LogP) is 0.516. The quantitative estimate of drug-likeness (QED) is 0.662. The molecule has 0 aromatic heterocycles. The molecule has 0 bridgehead atoms. The summed E-state index contributed by atoms with van der Waals surface area (Å²) in [6.45, 7) is -0.427. The molecular weight excluding hydrogens is 189 g/mol. The molecule has 0 heterocycles. The Bertz CT molecular complexity index is 354. The average molecular weight is 199 g/mol. The van der Waals surface area contributed by atoms with Gasteiger partial charge in [-0.25, -0.2) is 9.18 Å². The number of aromatic carboxylic acids is 1. The minimum Gasteiger partial charge on any atom is -0.478 e. The molecule has 76 valence electrons. The van der Waals surface area contributed by atoms with E-state index < -0.39 is 30.0 Å². The van der Waals surface area contributed by atoms with Gasteiger partial charge in [0.2, 0.25) is 0 Å². The van der Waals surface area contributed by atoms with Crippen molar-refractivity contribution in [1.82, 2.24) is 0 Å². The number of hydrogen-bond acceptors (Lipinski definition) is 3. The highest BCUT2D eigenvalue weighted by atomic mass is 19.1. The van der Waals surface area contributed by atoms with E-state index in [1.165, 1.54) is 12.1 Å². The predicted molar refractivity (Wildman–Crippen MR) is 47.4 cm³/mol.